The minimum Gasteiger partial charge on any atom is -0.359 e. The standard InChI is InChI=1S/C31H33F2N5O4S/c32-22-16-23(33)18-26(17-22)43(40,41)25-11-12-29-21(15-25)19-35-38(29)37-13-5-3-7-24(37)20-34-31(39)27-8-1-2-9-28(27)36-30-10-4-6-14-42-30/h1-2,8-9,11-12,15-19,24,30,36H,3-7,10,13-14,20H2,(H,34,39). The number of nitrogens with one attached hydrogen (secondary N) is 2. The van der Waals surface area contributed by atoms with Gasteiger partial charge in [0.1, 0.15) is 17.9 Å². The Hall–Kier alpha value is -4.03. The number of nitrogens with zero attached hydrogens (tertiary/aromatic N) is 3. The number of sulfone groups is 1. The van der Waals surface area contributed by atoms with Crippen LogP contribution in [-0.4, -0.2) is 56.2 Å². The Morgan fingerprint density at radius 1 is 0.953 bits per heavy atom. The summed E-state index contributed by atoms with van der Waals surface area (Å²) in [6.45, 7) is 1.80. The number of amides is 1. The van der Waals surface area contributed by atoms with Crippen molar-refractivity contribution in [1.29, 1.82) is 0 Å². The largest absolute Gasteiger partial charge is 0.359 e. The fourth-order valence-corrected chi connectivity index (χ4v) is 7.11. The van der Waals surface area contributed by atoms with Crippen molar-refractivity contribution in [3.05, 3.63) is 84.1 Å². The second-order valence-corrected chi connectivity index (χ2v) is 12.9. The molecule has 0 saturated carbocycles. The third-order valence-electron chi connectivity index (χ3n) is 7.98. The number of aromatic nitrogens is 2. The zero-order chi connectivity index (χ0) is 30.0. The van der Waals surface area contributed by atoms with Gasteiger partial charge in [-0.25, -0.2) is 17.2 Å². The molecule has 0 spiro atoms. The summed E-state index contributed by atoms with van der Waals surface area (Å²) in [7, 11) is -4.15. The molecule has 226 valence electrons. The zero-order valence-electron chi connectivity index (χ0n) is 23.5. The molecule has 0 radical (unpaired) electrons. The van der Waals surface area contributed by atoms with E-state index in [9.17, 15) is 22.0 Å². The van der Waals surface area contributed by atoms with E-state index in [1.54, 1.807) is 23.1 Å². The fraction of sp³-hybridized carbons (Fsp3) is 0.355. The predicted molar refractivity (Wildman–Crippen MR) is 158 cm³/mol. The second kappa shape index (κ2) is 12.3. The van der Waals surface area contributed by atoms with Crippen LogP contribution in [0.5, 0.6) is 0 Å². The molecule has 3 heterocycles. The van der Waals surface area contributed by atoms with Crippen LogP contribution in [0.15, 0.2) is 76.7 Å². The van der Waals surface area contributed by atoms with Crippen LogP contribution >= 0.6 is 0 Å². The van der Waals surface area contributed by atoms with Crippen molar-refractivity contribution < 1.29 is 26.7 Å². The Morgan fingerprint density at radius 2 is 1.74 bits per heavy atom. The lowest BCUT2D eigenvalue weighted by Crippen LogP contribution is -2.52. The minimum absolute atomic E-state index is 0.0405. The number of rotatable bonds is 8. The molecule has 12 heteroatoms. The lowest BCUT2D eigenvalue weighted by molar-refractivity contribution is 0.0343. The van der Waals surface area contributed by atoms with Gasteiger partial charge in [0.2, 0.25) is 9.84 Å². The lowest BCUT2D eigenvalue weighted by atomic mass is 10.0. The zero-order valence-corrected chi connectivity index (χ0v) is 24.3. The average Bonchev–Trinajstić information content (AvgIpc) is 3.44. The van der Waals surface area contributed by atoms with E-state index < -0.39 is 26.4 Å². The van der Waals surface area contributed by atoms with Gasteiger partial charge in [0, 0.05) is 36.8 Å². The molecular weight excluding hydrogens is 576 g/mol. The number of benzene rings is 3. The Morgan fingerprint density at radius 3 is 2.53 bits per heavy atom. The van der Waals surface area contributed by atoms with Crippen LogP contribution in [0.3, 0.4) is 0 Å². The quantitative estimate of drug-likeness (QED) is 0.290. The Bertz CT molecular complexity index is 1720. The van der Waals surface area contributed by atoms with Gasteiger partial charge in [-0.1, -0.05) is 12.1 Å². The molecule has 0 aliphatic carbocycles. The molecule has 43 heavy (non-hydrogen) atoms. The molecule has 1 aromatic heterocycles. The summed E-state index contributed by atoms with van der Waals surface area (Å²) in [5.41, 5.74) is 1.97. The number of piperidine rings is 1. The van der Waals surface area contributed by atoms with Gasteiger partial charge in [-0.2, -0.15) is 9.89 Å². The molecule has 2 N–H and O–H groups in total. The molecule has 2 aliphatic rings. The van der Waals surface area contributed by atoms with Crippen molar-refractivity contribution >= 4 is 32.3 Å². The van der Waals surface area contributed by atoms with Crippen LogP contribution in [-0.2, 0) is 14.6 Å². The van der Waals surface area contributed by atoms with Crippen molar-refractivity contribution in [2.24, 2.45) is 0 Å². The Kier molecular flexibility index (Phi) is 8.31. The molecule has 2 aliphatic heterocycles. The maximum absolute atomic E-state index is 13.7. The maximum Gasteiger partial charge on any atom is 0.253 e. The molecule has 2 atom stereocenters. The highest BCUT2D eigenvalue weighted by Crippen LogP contribution is 2.27. The number of carbonyl (C=O) groups excluding carboxylic acids is 1. The van der Waals surface area contributed by atoms with Crippen molar-refractivity contribution in [2.45, 2.75) is 60.6 Å². The SMILES string of the molecule is O=C(NCC1CCCCN1n1ncc2cc(S(=O)(=O)c3cc(F)cc(F)c3)ccc21)c1ccccc1NC1CCCCO1. The third-order valence-corrected chi connectivity index (χ3v) is 9.71. The number of halogens is 2. The molecule has 3 aromatic carbocycles. The van der Waals surface area contributed by atoms with E-state index in [2.05, 4.69) is 20.7 Å². The van der Waals surface area contributed by atoms with Gasteiger partial charge in [0.05, 0.1) is 33.1 Å². The monoisotopic (exact) mass is 609 g/mol. The fourth-order valence-electron chi connectivity index (χ4n) is 5.77. The van der Waals surface area contributed by atoms with Gasteiger partial charge in [0.25, 0.3) is 5.91 Å². The van der Waals surface area contributed by atoms with Crippen LogP contribution in [0.1, 0.15) is 48.9 Å². The van der Waals surface area contributed by atoms with Crippen molar-refractivity contribution in [3.63, 3.8) is 0 Å². The van der Waals surface area contributed by atoms with Gasteiger partial charge in [-0.15, -0.1) is 0 Å². The third kappa shape index (κ3) is 6.21. The first-order valence-corrected chi connectivity index (χ1v) is 16.0. The summed E-state index contributed by atoms with van der Waals surface area (Å²) < 4.78 is 59.5. The molecule has 0 bridgehead atoms. The molecule has 1 amide bonds. The number of hydrogen-bond donors (Lipinski definition) is 2. The van der Waals surface area contributed by atoms with Crippen LogP contribution < -0.4 is 15.6 Å². The van der Waals surface area contributed by atoms with Gasteiger partial charge < -0.3 is 15.4 Å². The Labute approximate surface area is 248 Å². The molecule has 2 unspecified atom stereocenters. The number of carbonyl (C=O) groups is 1. The number of para-hydroxylation sites is 1. The van der Waals surface area contributed by atoms with Gasteiger partial charge in [0.15, 0.2) is 0 Å². The van der Waals surface area contributed by atoms with Crippen LogP contribution in [0.4, 0.5) is 14.5 Å². The number of ether oxygens (including phenoxy) is 1. The minimum atomic E-state index is -4.15. The van der Waals surface area contributed by atoms with E-state index in [0.29, 0.717) is 42.2 Å². The van der Waals surface area contributed by atoms with E-state index in [4.69, 9.17) is 4.74 Å². The number of hydrogen-bond acceptors (Lipinski definition) is 7. The first kappa shape index (κ1) is 29.1. The highest BCUT2D eigenvalue weighted by Gasteiger charge is 2.27. The molecule has 6 rings (SSSR count). The first-order valence-electron chi connectivity index (χ1n) is 14.5. The van der Waals surface area contributed by atoms with E-state index in [-0.39, 0.29) is 23.1 Å². The van der Waals surface area contributed by atoms with Crippen LogP contribution in [0, 0.1) is 11.6 Å². The first-order chi connectivity index (χ1) is 20.8. The molecule has 2 fully saturated rings. The highest BCUT2D eigenvalue weighted by molar-refractivity contribution is 7.91. The van der Waals surface area contributed by atoms with Crippen molar-refractivity contribution in [3.8, 4) is 0 Å². The van der Waals surface area contributed by atoms with Gasteiger partial charge >= 0.3 is 0 Å². The lowest BCUT2D eigenvalue weighted by Gasteiger charge is -2.37. The van der Waals surface area contributed by atoms with Gasteiger partial charge in [-0.3, -0.25) is 9.80 Å². The molecule has 4 aromatic rings. The van der Waals surface area contributed by atoms with E-state index >= 15 is 0 Å². The van der Waals surface area contributed by atoms with E-state index in [1.165, 1.54) is 12.1 Å². The predicted octanol–water partition coefficient (Wildman–Crippen LogP) is 5.01. The Balaban J connectivity index is 1.19. The van der Waals surface area contributed by atoms with E-state index in [1.807, 2.05) is 18.2 Å². The van der Waals surface area contributed by atoms with Crippen molar-refractivity contribution in [2.75, 3.05) is 30.0 Å². The summed E-state index contributed by atoms with van der Waals surface area (Å²) in [6.07, 6.45) is 7.25. The van der Waals surface area contributed by atoms with Crippen LogP contribution in [0.25, 0.3) is 10.9 Å². The van der Waals surface area contributed by atoms with Crippen molar-refractivity contribution in [1.82, 2.24) is 15.2 Å². The summed E-state index contributed by atoms with van der Waals surface area (Å²) in [4.78, 5) is 14.5. The normalized spacial score (nSPS) is 19.3. The summed E-state index contributed by atoms with van der Waals surface area (Å²) in [5, 5.41) is 13.7. The summed E-state index contributed by atoms with van der Waals surface area (Å²) >= 11 is 0. The molecule has 9 nitrogen and oxygen atoms in total. The summed E-state index contributed by atoms with van der Waals surface area (Å²) in [6, 6.07) is 14.1. The number of anilines is 1. The smallest absolute Gasteiger partial charge is 0.253 e. The second-order valence-electron chi connectivity index (χ2n) is 10.9. The highest BCUT2D eigenvalue weighted by atomic mass is 32.2. The molecular formula is C31H33F2N5O4S. The molecule has 2 saturated heterocycles. The number of fused-ring (bicyclic) bond motifs is 1. The van der Waals surface area contributed by atoms with Crippen LogP contribution in [0.2, 0.25) is 0 Å². The van der Waals surface area contributed by atoms with E-state index in [0.717, 1.165) is 56.3 Å². The maximum atomic E-state index is 13.7. The topological polar surface area (TPSA) is 106 Å². The average molecular weight is 610 g/mol. The summed E-state index contributed by atoms with van der Waals surface area (Å²) in [5.74, 6) is -2.11. The van der Waals surface area contributed by atoms with Gasteiger partial charge in [-0.05, 0) is 81.0 Å².